The van der Waals surface area contributed by atoms with E-state index in [-0.39, 0.29) is 18.9 Å². The van der Waals surface area contributed by atoms with Crippen molar-refractivity contribution in [1.29, 1.82) is 0 Å². The number of nitrogens with zero attached hydrogens (tertiary/aromatic N) is 1. The van der Waals surface area contributed by atoms with Crippen LogP contribution in [0.5, 0.6) is 0 Å². The molecule has 18 heavy (non-hydrogen) atoms. The summed E-state index contributed by atoms with van der Waals surface area (Å²) in [5.41, 5.74) is 11.9. The van der Waals surface area contributed by atoms with Crippen molar-refractivity contribution in [3.8, 4) is 0 Å². The topological polar surface area (TPSA) is 55.3 Å². The van der Waals surface area contributed by atoms with Gasteiger partial charge in [-0.1, -0.05) is 19.3 Å². The lowest BCUT2D eigenvalue weighted by atomic mass is 9.87. The van der Waals surface area contributed by atoms with Crippen molar-refractivity contribution in [2.75, 3.05) is 0 Å². The molecule has 2 aliphatic rings. The second-order valence-corrected chi connectivity index (χ2v) is 5.58. The van der Waals surface area contributed by atoms with Crippen molar-refractivity contribution in [3.05, 3.63) is 0 Å². The fourth-order valence-corrected chi connectivity index (χ4v) is 3.36. The smallest absolute Gasteiger partial charge is 0.316 e. The molecule has 0 radical (unpaired) electrons. The standard InChI is InChI=1S/C12H22F3N3/c13-12(14,15)8-6-10(16)18(11(17)7-8)9-4-2-1-3-5-9/h8-11H,1-7,16-17H2. The minimum atomic E-state index is -4.17. The first kappa shape index (κ1) is 14.1. The molecule has 106 valence electrons. The van der Waals surface area contributed by atoms with Gasteiger partial charge in [-0.25, -0.2) is 0 Å². The van der Waals surface area contributed by atoms with E-state index in [1.807, 2.05) is 4.90 Å². The van der Waals surface area contributed by atoms with E-state index in [0.717, 1.165) is 25.7 Å². The Bertz CT molecular complexity index is 264. The molecule has 1 saturated heterocycles. The van der Waals surface area contributed by atoms with Gasteiger partial charge in [0.25, 0.3) is 0 Å². The molecule has 0 bridgehead atoms. The van der Waals surface area contributed by atoms with E-state index in [0.29, 0.717) is 0 Å². The van der Waals surface area contributed by atoms with Crippen LogP contribution in [0.15, 0.2) is 0 Å². The molecule has 2 unspecified atom stereocenters. The monoisotopic (exact) mass is 265 g/mol. The number of nitrogens with two attached hydrogens (primary N) is 2. The molecule has 0 aromatic rings. The highest BCUT2D eigenvalue weighted by Crippen LogP contribution is 2.39. The van der Waals surface area contributed by atoms with Gasteiger partial charge >= 0.3 is 6.18 Å². The lowest BCUT2D eigenvalue weighted by Gasteiger charge is -2.47. The van der Waals surface area contributed by atoms with Crippen LogP contribution in [0.2, 0.25) is 0 Å². The lowest BCUT2D eigenvalue weighted by Crippen LogP contribution is -2.62. The Morgan fingerprint density at radius 3 is 1.83 bits per heavy atom. The molecule has 0 spiro atoms. The van der Waals surface area contributed by atoms with Crippen LogP contribution in [-0.4, -0.2) is 29.4 Å². The number of hydrogen-bond acceptors (Lipinski definition) is 3. The SMILES string of the molecule is NC1CC(C(F)(F)F)CC(N)N1C1CCCCC1. The van der Waals surface area contributed by atoms with Gasteiger partial charge in [-0.15, -0.1) is 0 Å². The van der Waals surface area contributed by atoms with E-state index >= 15 is 0 Å². The van der Waals surface area contributed by atoms with Gasteiger partial charge in [-0.05, 0) is 25.7 Å². The van der Waals surface area contributed by atoms with Crippen LogP contribution in [0.1, 0.15) is 44.9 Å². The molecule has 0 aromatic heterocycles. The Morgan fingerprint density at radius 1 is 0.889 bits per heavy atom. The molecule has 2 fully saturated rings. The number of alkyl halides is 3. The first-order valence-corrected chi connectivity index (χ1v) is 6.75. The predicted octanol–water partition coefficient (Wildman–Crippen LogP) is 2.16. The summed E-state index contributed by atoms with van der Waals surface area (Å²) in [7, 11) is 0. The lowest BCUT2D eigenvalue weighted by molar-refractivity contribution is -0.198. The third-order valence-electron chi connectivity index (χ3n) is 4.28. The maximum absolute atomic E-state index is 12.7. The van der Waals surface area contributed by atoms with E-state index in [1.165, 1.54) is 6.42 Å². The van der Waals surface area contributed by atoms with Crippen molar-refractivity contribution in [2.24, 2.45) is 17.4 Å². The van der Waals surface area contributed by atoms with Gasteiger partial charge in [0.05, 0.1) is 18.2 Å². The summed E-state index contributed by atoms with van der Waals surface area (Å²) >= 11 is 0. The number of hydrogen-bond donors (Lipinski definition) is 2. The van der Waals surface area contributed by atoms with E-state index in [1.54, 1.807) is 0 Å². The van der Waals surface area contributed by atoms with Crippen molar-refractivity contribution in [3.63, 3.8) is 0 Å². The van der Waals surface area contributed by atoms with Crippen molar-refractivity contribution in [1.82, 2.24) is 4.90 Å². The molecular weight excluding hydrogens is 243 g/mol. The number of piperidine rings is 1. The van der Waals surface area contributed by atoms with Crippen LogP contribution in [0.4, 0.5) is 13.2 Å². The van der Waals surface area contributed by atoms with E-state index in [2.05, 4.69) is 0 Å². The normalized spacial score (nSPS) is 36.8. The molecule has 1 heterocycles. The highest BCUT2D eigenvalue weighted by Gasteiger charge is 2.47. The maximum Gasteiger partial charge on any atom is 0.392 e. The quantitative estimate of drug-likeness (QED) is 0.764. The average Bonchev–Trinajstić information content (AvgIpc) is 2.28. The Morgan fingerprint density at radius 2 is 1.39 bits per heavy atom. The van der Waals surface area contributed by atoms with E-state index in [9.17, 15) is 13.2 Å². The summed E-state index contributed by atoms with van der Waals surface area (Å²) < 4.78 is 38.2. The summed E-state index contributed by atoms with van der Waals surface area (Å²) in [6, 6.07) is 0.276. The molecule has 6 heteroatoms. The molecule has 2 rings (SSSR count). The van der Waals surface area contributed by atoms with E-state index < -0.39 is 24.4 Å². The molecule has 0 amide bonds. The molecule has 1 saturated carbocycles. The second kappa shape index (κ2) is 5.35. The summed E-state index contributed by atoms with van der Waals surface area (Å²) in [6.07, 6.45) is 0.171. The minimum absolute atomic E-state index is 0.0201. The zero-order chi connectivity index (χ0) is 13.3. The van der Waals surface area contributed by atoms with Crippen molar-refractivity contribution >= 4 is 0 Å². The molecule has 3 nitrogen and oxygen atoms in total. The first-order valence-electron chi connectivity index (χ1n) is 6.75. The summed E-state index contributed by atoms with van der Waals surface area (Å²) in [5.74, 6) is -1.35. The Hall–Kier alpha value is -0.330. The van der Waals surface area contributed by atoms with Gasteiger partial charge in [0.1, 0.15) is 0 Å². The third kappa shape index (κ3) is 2.97. The fourth-order valence-electron chi connectivity index (χ4n) is 3.36. The van der Waals surface area contributed by atoms with Crippen LogP contribution in [0, 0.1) is 5.92 Å². The molecule has 0 aromatic carbocycles. The third-order valence-corrected chi connectivity index (χ3v) is 4.28. The largest absolute Gasteiger partial charge is 0.392 e. The Balaban J connectivity index is 2.01. The number of halogens is 3. The van der Waals surface area contributed by atoms with Gasteiger partial charge in [-0.3, -0.25) is 4.90 Å². The number of likely N-dealkylation sites (tertiary alicyclic amines) is 1. The van der Waals surface area contributed by atoms with Crippen LogP contribution in [0.3, 0.4) is 0 Å². The van der Waals surface area contributed by atoms with Gasteiger partial charge < -0.3 is 11.5 Å². The number of rotatable bonds is 1. The zero-order valence-corrected chi connectivity index (χ0v) is 10.5. The molecule has 2 atom stereocenters. The molecule has 4 N–H and O–H groups in total. The van der Waals surface area contributed by atoms with E-state index in [4.69, 9.17) is 11.5 Å². The Kier molecular flexibility index (Phi) is 4.18. The molecule has 1 aliphatic heterocycles. The first-order chi connectivity index (χ1) is 8.39. The molecular formula is C12H22F3N3. The summed E-state index contributed by atoms with van der Waals surface area (Å²) in [4.78, 5) is 1.93. The molecule has 1 aliphatic carbocycles. The van der Waals surface area contributed by atoms with Crippen LogP contribution in [-0.2, 0) is 0 Å². The highest BCUT2D eigenvalue weighted by molar-refractivity contribution is 4.90. The highest BCUT2D eigenvalue weighted by atomic mass is 19.4. The van der Waals surface area contributed by atoms with Crippen LogP contribution >= 0.6 is 0 Å². The summed E-state index contributed by atoms with van der Waals surface area (Å²) in [6.45, 7) is 0. The van der Waals surface area contributed by atoms with Crippen LogP contribution < -0.4 is 11.5 Å². The second-order valence-electron chi connectivity index (χ2n) is 5.58. The van der Waals surface area contributed by atoms with Crippen molar-refractivity contribution in [2.45, 2.75) is 69.5 Å². The minimum Gasteiger partial charge on any atom is -0.316 e. The summed E-state index contributed by atoms with van der Waals surface area (Å²) in [5, 5.41) is 0. The fraction of sp³-hybridized carbons (Fsp3) is 1.00. The zero-order valence-electron chi connectivity index (χ0n) is 10.5. The Labute approximate surface area is 106 Å². The van der Waals surface area contributed by atoms with Crippen LogP contribution in [0.25, 0.3) is 0 Å². The average molecular weight is 265 g/mol. The maximum atomic E-state index is 12.7. The van der Waals surface area contributed by atoms with Gasteiger partial charge in [0.15, 0.2) is 0 Å². The van der Waals surface area contributed by atoms with Gasteiger partial charge in [0.2, 0.25) is 0 Å². The van der Waals surface area contributed by atoms with Crippen molar-refractivity contribution < 1.29 is 13.2 Å². The predicted molar refractivity (Wildman–Crippen MR) is 63.4 cm³/mol. The van der Waals surface area contributed by atoms with Gasteiger partial charge in [0, 0.05) is 6.04 Å². The van der Waals surface area contributed by atoms with Gasteiger partial charge in [-0.2, -0.15) is 13.2 Å².